The summed E-state index contributed by atoms with van der Waals surface area (Å²) in [4.78, 5) is 15.9. The number of halogens is 2. The summed E-state index contributed by atoms with van der Waals surface area (Å²) in [5.74, 6) is -0.560. The van der Waals surface area contributed by atoms with Crippen LogP contribution < -0.4 is 0 Å². The zero-order valence-electron chi connectivity index (χ0n) is 9.28. The van der Waals surface area contributed by atoms with Gasteiger partial charge in [0.15, 0.2) is 0 Å². The number of hydrogen-bond acceptors (Lipinski definition) is 2. The Morgan fingerprint density at radius 2 is 2.17 bits per heavy atom. The van der Waals surface area contributed by atoms with Crippen LogP contribution in [-0.4, -0.2) is 16.1 Å². The van der Waals surface area contributed by atoms with E-state index in [1.54, 1.807) is 18.2 Å². The third-order valence-electron chi connectivity index (χ3n) is 3.11. The molecule has 0 unspecified atom stereocenters. The fraction of sp³-hybridized carbons (Fsp3) is 0.231. The van der Waals surface area contributed by atoms with E-state index in [4.69, 9.17) is 11.6 Å². The molecule has 92 valence electrons. The zero-order chi connectivity index (χ0) is 12.9. The highest BCUT2D eigenvalue weighted by Gasteiger charge is 2.27. The van der Waals surface area contributed by atoms with Gasteiger partial charge in [-0.2, -0.15) is 0 Å². The van der Waals surface area contributed by atoms with Crippen LogP contribution in [0.3, 0.4) is 0 Å². The Bertz CT molecular complexity index is 668. The maximum absolute atomic E-state index is 11.4. The summed E-state index contributed by atoms with van der Waals surface area (Å²) in [6, 6.07) is 5.14. The van der Waals surface area contributed by atoms with Crippen molar-refractivity contribution < 1.29 is 9.90 Å². The molecule has 0 radical (unpaired) electrons. The van der Waals surface area contributed by atoms with Crippen LogP contribution in [0.25, 0.3) is 10.9 Å². The second-order valence-electron chi connectivity index (χ2n) is 4.43. The molecule has 1 aromatic carbocycles. The molecule has 3 rings (SSSR count). The Labute approximate surface area is 117 Å². The lowest BCUT2D eigenvalue weighted by Crippen LogP contribution is -2.02. The first-order valence-corrected chi connectivity index (χ1v) is 6.77. The normalized spacial score (nSPS) is 15.0. The predicted octanol–water partition coefficient (Wildman–Crippen LogP) is 4.23. The topological polar surface area (TPSA) is 50.2 Å². The first-order chi connectivity index (χ1) is 8.58. The predicted molar refractivity (Wildman–Crippen MR) is 73.4 cm³/mol. The largest absolute Gasteiger partial charge is 0.478 e. The number of rotatable bonds is 2. The maximum Gasteiger partial charge on any atom is 0.336 e. The van der Waals surface area contributed by atoms with Crippen molar-refractivity contribution in [3.8, 4) is 0 Å². The van der Waals surface area contributed by atoms with Gasteiger partial charge in [-0.05, 0) is 31.0 Å². The number of aromatic carboxylic acids is 1. The molecule has 2 aromatic rings. The summed E-state index contributed by atoms with van der Waals surface area (Å²) < 4.78 is 0.703. The van der Waals surface area contributed by atoms with Crippen molar-refractivity contribution in [2.24, 2.45) is 0 Å². The Morgan fingerprint density at radius 3 is 2.78 bits per heavy atom. The van der Waals surface area contributed by atoms with Crippen LogP contribution in [-0.2, 0) is 0 Å². The highest BCUT2D eigenvalue weighted by Crippen LogP contribution is 2.41. The van der Waals surface area contributed by atoms with Crippen LogP contribution in [0.4, 0.5) is 0 Å². The molecule has 0 saturated heterocycles. The summed E-state index contributed by atoms with van der Waals surface area (Å²) in [5.41, 5.74) is 1.66. The number of hydrogen-bond donors (Lipinski definition) is 1. The van der Waals surface area contributed by atoms with E-state index in [9.17, 15) is 9.90 Å². The van der Waals surface area contributed by atoms with E-state index in [1.807, 2.05) is 0 Å². The molecule has 0 aliphatic heterocycles. The number of pyridine rings is 1. The first-order valence-electron chi connectivity index (χ1n) is 5.60. The van der Waals surface area contributed by atoms with Crippen molar-refractivity contribution in [3.05, 3.63) is 39.0 Å². The molecule has 0 atom stereocenters. The van der Waals surface area contributed by atoms with E-state index >= 15 is 0 Å². The van der Waals surface area contributed by atoms with Gasteiger partial charge >= 0.3 is 5.97 Å². The van der Waals surface area contributed by atoms with E-state index in [0.717, 1.165) is 18.5 Å². The summed E-state index contributed by atoms with van der Waals surface area (Å²) in [6.07, 6.45) is 2.15. The molecule has 18 heavy (non-hydrogen) atoms. The molecular weight excluding hydrogens is 318 g/mol. The van der Waals surface area contributed by atoms with E-state index < -0.39 is 5.97 Å². The molecule has 0 spiro atoms. The van der Waals surface area contributed by atoms with Crippen molar-refractivity contribution in [1.82, 2.24) is 4.98 Å². The van der Waals surface area contributed by atoms with Gasteiger partial charge in [0.25, 0.3) is 0 Å². The SMILES string of the molecule is O=C(O)c1cc(C2CC2)nc2c(Cl)ccc(Br)c12. The van der Waals surface area contributed by atoms with Crippen molar-refractivity contribution in [3.63, 3.8) is 0 Å². The first kappa shape index (κ1) is 11.9. The summed E-state index contributed by atoms with van der Waals surface area (Å²) in [7, 11) is 0. The Hall–Kier alpha value is -1.13. The summed E-state index contributed by atoms with van der Waals surface area (Å²) in [5, 5.41) is 10.4. The number of carbonyl (C=O) groups is 1. The minimum absolute atomic E-state index is 0.260. The van der Waals surface area contributed by atoms with E-state index in [1.165, 1.54) is 0 Å². The minimum Gasteiger partial charge on any atom is -0.478 e. The zero-order valence-corrected chi connectivity index (χ0v) is 11.6. The van der Waals surface area contributed by atoms with Crippen molar-refractivity contribution in [2.75, 3.05) is 0 Å². The molecule has 5 heteroatoms. The van der Waals surface area contributed by atoms with Gasteiger partial charge < -0.3 is 5.11 Å². The number of nitrogens with zero attached hydrogens (tertiary/aromatic N) is 1. The van der Waals surface area contributed by atoms with Gasteiger partial charge in [0, 0.05) is 21.5 Å². The monoisotopic (exact) mass is 325 g/mol. The van der Waals surface area contributed by atoms with Crippen molar-refractivity contribution in [1.29, 1.82) is 0 Å². The van der Waals surface area contributed by atoms with Crippen LogP contribution in [0.1, 0.15) is 34.8 Å². The van der Waals surface area contributed by atoms with Gasteiger partial charge in [-0.25, -0.2) is 4.79 Å². The molecule has 1 aliphatic rings. The third kappa shape index (κ3) is 1.89. The fourth-order valence-corrected chi connectivity index (χ4v) is 2.78. The Morgan fingerprint density at radius 1 is 1.44 bits per heavy atom. The molecule has 1 saturated carbocycles. The van der Waals surface area contributed by atoms with E-state index in [2.05, 4.69) is 20.9 Å². The molecule has 1 aromatic heterocycles. The molecule has 1 N–H and O–H groups in total. The highest BCUT2D eigenvalue weighted by atomic mass is 79.9. The lowest BCUT2D eigenvalue weighted by molar-refractivity contribution is 0.0699. The minimum atomic E-state index is -0.952. The maximum atomic E-state index is 11.4. The molecule has 1 heterocycles. The number of fused-ring (bicyclic) bond motifs is 1. The van der Waals surface area contributed by atoms with Gasteiger partial charge in [0.2, 0.25) is 0 Å². The van der Waals surface area contributed by atoms with E-state index in [-0.39, 0.29) is 5.56 Å². The lowest BCUT2D eigenvalue weighted by Gasteiger charge is -2.09. The van der Waals surface area contributed by atoms with Gasteiger partial charge in [-0.1, -0.05) is 27.5 Å². The number of benzene rings is 1. The Kier molecular flexibility index (Phi) is 2.79. The van der Waals surface area contributed by atoms with Crippen molar-refractivity contribution in [2.45, 2.75) is 18.8 Å². The molecular formula is C13H9BrClNO2. The smallest absolute Gasteiger partial charge is 0.336 e. The average Bonchev–Trinajstić information content (AvgIpc) is 3.16. The quantitative estimate of drug-likeness (QED) is 0.898. The van der Waals surface area contributed by atoms with Crippen molar-refractivity contribution >= 4 is 44.4 Å². The summed E-state index contributed by atoms with van der Waals surface area (Å²) >= 11 is 9.49. The van der Waals surface area contributed by atoms with Crippen LogP contribution in [0.15, 0.2) is 22.7 Å². The van der Waals surface area contributed by atoms with E-state index in [0.29, 0.717) is 26.3 Å². The third-order valence-corrected chi connectivity index (χ3v) is 4.07. The number of carboxylic acid groups (broad SMARTS) is 1. The fourth-order valence-electron chi connectivity index (χ4n) is 2.04. The second kappa shape index (κ2) is 4.21. The van der Waals surface area contributed by atoms with Gasteiger partial charge in [0.05, 0.1) is 16.1 Å². The Balaban J connectivity index is 2.40. The summed E-state index contributed by atoms with van der Waals surface area (Å²) in [6.45, 7) is 0. The average molecular weight is 327 g/mol. The molecule has 1 aliphatic carbocycles. The molecule has 3 nitrogen and oxygen atoms in total. The number of aromatic nitrogens is 1. The lowest BCUT2D eigenvalue weighted by atomic mass is 10.1. The van der Waals surface area contributed by atoms with Crippen LogP contribution >= 0.6 is 27.5 Å². The van der Waals surface area contributed by atoms with Gasteiger partial charge in [0.1, 0.15) is 0 Å². The molecule has 0 bridgehead atoms. The highest BCUT2D eigenvalue weighted by molar-refractivity contribution is 9.10. The number of carboxylic acids is 1. The molecule has 0 amide bonds. The van der Waals surface area contributed by atoms with Gasteiger partial charge in [-0.15, -0.1) is 0 Å². The van der Waals surface area contributed by atoms with Crippen LogP contribution in [0.2, 0.25) is 5.02 Å². The second-order valence-corrected chi connectivity index (χ2v) is 5.69. The van der Waals surface area contributed by atoms with Crippen LogP contribution in [0.5, 0.6) is 0 Å². The standard InChI is InChI=1S/C13H9BrClNO2/c14-8-3-4-9(15)12-11(8)7(13(17)18)5-10(16-12)6-1-2-6/h3-6H,1-2H2,(H,17,18). The van der Waals surface area contributed by atoms with Gasteiger partial charge in [-0.3, -0.25) is 4.98 Å². The van der Waals surface area contributed by atoms with Crippen LogP contribution in [0, 0.1) is 0 Å². The molecule has 1 fully saturated rings.